The van der Waals surface area contributed by atoms with Gasteiger partial charge in [0, 0.05) is 30.9 Å². The molecule has 4 heteroatoms. The number of morpholine rings is 1. The monoisotopic (exact) mass is 334 g/mol. The summed E-state index contributed by atoms with van der Waals surface area (Å²) in [6, 6.07) is 8.95. The third-order valence-corrected chi connectivity index (χ3v) is 4.15. The van der Waals surface area contributed by atoms with E-state index in [2.05, 4.69) is 18.7 Å². The predicted molar refractivity (Wildman–Crippen MR) is 102 cm³/mol. The topological polar surface area (TPSA) is 32.8 Å². The second kappa shape index (κ2) is 10.5. The standard InChI is InChI=1S/C11H13NO.C7H15NO.C2H6/c1-8(2)12-10-6-4-3-5-9(10)7-11(12)13;1-7(2)8-3-5-9-6-4-8;1-2/h3-6,8H,7H2,1-2H3;7H,3-6H2,1-2H3;1-2H3. The third-order valence-electron chi connectivity index (χ3n) is 4.15. The van der Waals surface area contributed by atoms with Gasteiger partial charge in [0.05, 0.1) is 19.6 Å². The summed E-state index contributed by atoms with van der Waals surface area (Å²) in [4.78, 5) is 15.9. The van der Waals surface area contributed by atoms with Crippen LogP contribution in [0.2, 0.25) is 0 Å². The van der Waals surface area contributed by atoms with E-state index in [0.29, 0.717) is 12.5 Å². The Bertz CT molecular complexity index is 494. The zero-order valence-corrected chi connectivity index (χ0v) is 16.2. The van der Waals surface area contributed by atoms with Gasteiger partial charge in [-0.3, -0.25) is 9.69 Å². The van der Waals surface area contributed by atoms with Crippen LogP contribution in [0, 0.1) is 0 Å². The van der Waals surface area contributed by atoms with Crippen molar-refractivity contribution in [3.05, 3.63) is 29.8 Å². The summed E-state index contributed by atoms with van der Waals surface area (Å²) in [5.74, 6) is 0.219. The largest absolute Gasteiger partial charge is 0.379 e. The zero-order valence-electron chi connectivity index (χ0n) is 16.2. The van der Waals surface area contributed by atoms with E-state index in [1.54, 1.807) is 0 Å². The van der Waals surface area contributed by atoms with Gasteiger partial charge in [-0.25, -0.2) is 0 Å². The van der Waals surface area contributed by atoms with Crippen molar-refractivity contribution in [2.75, 3.05) is 31.2 Å². The summed E-state index contributed by atoms with van der Waals surface area (Å²) in [6.45, 7) is 16.6. The lowest BCUT2D eigenvalue weighted by atomic mass is 10.2. The molecular formula is C20H34N2O2. The fourth-order valence-electron chi connectivity index (χ4n) is 2.94. The highest BCUT2D eigenvalue weighted by Gasteiger charge is 2.28. The van der Waals surface area contributed by atoms with Crippen molar-refractivity contribution in [1.29, 1.82) is 0 Å². The summed E-state index contributed by atoms with van der Waals surface area (Å²) >= 11 is 0. The van der Waals surface area contributed by atoms with Crippen LogP contribution in [0.15, 0.2) is 24.3 Å². The molecule has 1 saturated heterocycles. The SMILES string of the molecule is CC.CC(C)N1C(=O)Cc2ccccc21.CC(C)N1CCOCC1. The average molecular weight is 335 g/mol. The number of amides is 1. The van der Waals surface area contributed by atoms with Crippen LogP contribution in [-0.2, 0) is 16.0 Å². The Morgan fingerprint density at radius 3 is 2.04 bits per heavy atom. The fourth-order valence-corrected chi connectivity index (χ4v) is 2.94. The van der Waals surface area contributed by atoms with Crippen LogP contribution in [0.3, 0.4) is 0 Å². The van der Waals surface area contributed by atoms with Crippen molar-refractivity contribution in [3.8, 4) is 0 Å². The lowest BCUT2D eigenvalue weighted by molar-refractivity contribution is -0.117. The Balaban J connectivity index is 0.000000230. The van der Waals surface area contributed by atoms with Crippen molar-refractivity contribution >= 4 is 11.6 Å². The van der Waals surface area contributed by atoms with Gasteiger partial charge in [-0.1, -0.05) is 32.0 Å². The van der Waals surface area contributed by atoms with Gasteiger partial charge in [-0.2, -0.15) is 0 Å². The molecule has 0 N–H and O–H groups in total. The Kier molecular flexibility index (Phi) is 9.01. The summed E-state index contributed by atoms with van der Waals surface area (Å²) in [5, 5.41) is 0. The van der Waals surface area contributed by atoms with Gasteiger partial charge in [0.25, 0.3) is 0 Å². The van der Waals surface area contributed by atoms with Crippen LogP contribution >= 0.6 is 0 Å². The molecule has 0 aromatic heterocycles. The maximum atomic E-state index is 11.6. The first-order chi connectivity index (χ1) is 11.5. The molecule has 24 heavy (non-hydrogen) atoms. The minimum Gasteiger partial charge on any atom is -0.379 e. The second-order valence-corrected chi connectivity index (χ2v) is 6.41. The molecule has 0 radical (unpaired) electrons. The van der Waals surface area contributed by atoms with E-state index in [1.807, 2.05) is 56.9 Å². The maximum absolute atomic E-state index is 11.6. The number of benzene rings is 1. The van der Waals surface area contributed by atoms with Crippen LogP contribution in [-0.4, -0.2) is 49.2 Å². The number of anilines is 1. The van der Waals surface area contributed by atoms with Crippen molar-refractivity contribution < 1.29 is 9.53 Å². The Labute approximate surface area is 147 Å². The maximum Gasteiger partial charge on any atom is 0.231 e. The van der Waals surface area contributed by atoms with E-state index >= 15 is 0 Å². The molecule has 2 heterocycles. The van der Waals surface area contributed by atoms with Gasteiger partial charge in [0.1, 0.15) is 0 Å². The first kappa shape index (κ1) is 20.7. The van der Waals surface area contributed by atoms with Gasteiger partial charge in [-0.05, 0) is 39.3 Å². The molecule has 0 bridgehead atoms. The molecule has 0 atom stereocenters. The number of carbonyl (C=O) groups excluding carboxylic acids is 1. The molecule has 4 nitrogen and oxygen atoms in total. The third kappa shape index (κ3) is 5.60. The molecule has 3 rings (SSSR count). The highest BCUT2D eigenvalue weighted by molar-refractivity contribution is 6.01. The predicted octanol–water partition coefficient (Wildman–Crippen LogP) is 3.74. The number of carbonyl (C=O) groups is 1. The fraction of sp³-hybridized carbons (Fsp3) is 0.650. The Morgan fingerprint density at radius 2 is 1.54 bits per heavy atom. The number of hydrogen-bond acceptors (Lipinski definition) is 3. The van der Waals surface area contributed by atoms with E-state index in [9.17, 15) is 4.79 Å². The number of ether oxygens (including phenoxy) is 1. The van der Waals surface area contributed by atoms with E-state index in [1.165, 1.54) is 0 Å². The summed E-state index contributed by atoms with van der Waals surface area (Å²) in [6.07, 6.45) is 0.564. The molecule has 0 unspecified atom stereocenters. The van der Waals surface area contributed by atoms with Gasteiger partial charge < -0.3 is 9.64 Å². The highest BCUT2D eigenvalue weighted by atomic mass is 16.5. The second-order valence-electron chi connectivity index (χ2n) is 6.41. The summed E-state index contributed by atoms with van der Waals surface area (Å²) in [7, 11) is 0. The number of nitrogens with zero attached hydrogens (tertiary/aromatic N) is 2. The molecule has 136 valence electrons. The molecule has 1 aromatic rings. The van der Waals surface area contributed by atoms with Crippen molar-refractivity contribution in [3.63, 3.8) is 0 Å². The molecular weight excluding hydrogens is 300 g/mol. The van der Waals surface area contributed by atoms with Crippen LogP contribution in [0.25, 0.3) is 0 Å². The molecule has 0 saturated carbocycles. The zero-order chi connectivity index (χ0) is 18.1. The lowest BCUT2D eigenvalue weighted by Gasteiger charge is -2.29. The molecule has 0 spiro atoms. The number of rotatable bonds is 2. The van der Waals surface area contributed by atoms with E-state index in [0.717, 1.165) is 37.6 Å². The molecule has 2 aliphatic rings. The lowest BCUT2D eigenvalue weighted by Crippen LogP contribution is -2.40. The van der Waals surface area contributed by atoms with Crippen LogP contribution in [0.1, 0.15) is 47.1 Å². The number of para-hydroxylation sites is 1. The van der Waals surface area contributed by atoms with E-state index in [-0.39, 0.29) is 11.9 Å². The van der Waals surface area contributed by atoms with E-state index < -0.39 is 0 Å². The highest BCUT2D eigenvalue weighted by Crippen LogP contribution is 2.29. The minimum atomic E-state index is 0.219. The molecule has 1 fully saturated rings. The molecule has 1 amide bonds. The quantitative estimate of drug-likeness (QED) is 0.826. The normalized spacial score (nSPS) is 17.2. The first-order valence-corrected chi connectivity index (χ1v) is 9.22. The smallest absolute Gasteiger partial charge is 0.231 e. The van der Waals surface area contributed by atoms with Gasteiger partial charge in [-0.15, -0.1) is 0 Å². The molecule has 0 aliphatic carbocycles. The Morgan fingerprint density at radius 1 is 0.958 bits per heavy atom. The van der Waals surface area contributed by atoms with Crippen molar-refractivity contribution in [2.45, 2.75) is 60.0 Å². The van der Waals surface area contributed by atoms with Gasteiger partial charge in [0.15, 0.2) is 0 Å². The van der Waals surface area contributed by atoms with Crippen molar-refractivity contribution in [2.24, 2.45) is 0 Å². The number of fused-ring (bicyclic) bond motifs is 1. The Hall–Kier alpha value is -1.39. The van der Waals surface area contributed by atoms with Crippen molar-refractivity contribution in [1.82, 2.24) is 4.90 Å². The van der Waals surface area contributed by atoms with Gasteiger partial charge in [0.2, 0.25) is 5.91 Å². The van der Waals surface area contributed by atoms with Crippen LogP contribution in [0.4, 0.5) is 5.69 Å². The summed E-state index contributed by atoms with van der Waals surface area (Å²) < 4.78 is 5.21. The van der Waals surface area contributed by atoms with E-state index in [4.69, 9.17) is 4.74 Å². The average Bonchev–Trinajstić information content (AvgIpc) is 2.94. The first-order valence-electron chi connectivity index (χ1n) is 9.22. The van der Waals surface area contributed by atoms with Crippen LogP contribution in [0.5, 0.6) is 0 Å². The van der Waals surface area contributed by atoms with Crippen LogP contribution < -0.4 is 4.90 Å². The van der Waals surface area contributed by atoms with Gasteiger partial charge >= 0.3 is 0 Å². The molecule has 1 aromatic carbocycles. The molecule has 2 aliphatic heterocycles. The minimum absolute atomic E-state index is 0.219. The summed E-state index contributed by atoms with van der Waals surface area (Å²) in [5.41, 5.74) is 2.24. The number of hydrogen-bond donors (Lipinski definition) is 0.